The van der Waals surface area contributed by atoms with Crippen molar-refractivity contribution in [2.45, 2.75) is 24.9 Å². The molecule has 3 heteroatoms. The lowest BCUT2D eigenvalue weighted by Crippen LogP contribution is -2.08. The summed E-state index contributed by atoms with van der Waals surface area (Å²) in [5.41, 5.74) is 2.70. The first-order valence-corrected chi connectivity index (χ1v) is 7.64. The monoisotopic (exact) mass is 276 g/mol. The maximum absolute atomic E-state index is 13.7. The molecule has 0 saturated carbocycles. The van der Waals surface area contributed by atoms with E-state index in [9.17, 15) is 8.60 Å². The van der Waals surface area contributed by atoms with E-state index in [0.717, 1.165) is 11.1 Å². The van der Waals surface area contributed by atoms with E-state index in [4.69, 9.17) is 0 Å². The van der Waals surface area contributed by atoms with Crippen molar-refractivity contribution >= 4 is 10.8 Å². The Labute approximate surface area is 115 Å². The van der Waals surface area contributed by atoms with Gasteiger partial charge in [0.2, 0.25) is 0 Å². The molecule has 0 aliphatic rings. The Bertz CT molecular complexity index is 595. The minimum absolute atomic E-state index is 0.284. The van der Waals surface area contributed by atoms with Crippen LogP contribution in [0.4, 0.5) is 4.39 Å². The molecule has 2 rings (SSSR count). The highest BCUT2D eigenvalue weighted by Crippen LogP contribution is 2.24. The molecule has 0 saturated heterocycles. The summed E-state index contributed by atoms with van der Waals surface area (Å²) in [6.07, 6.45) is 0. The maximum Gasteiger partial charge on any atom is 0.127 e. The van der Waals surface area contributed by atoms with E-state index in [-0.39, 0.29) is 11.1 Å². The predicted molar refractivity (Wildman–Crippen MR) is 77.8 cm³/mol. The van der Waals surface area contributed by atoms with Gasteiger partial charge in [0.1, 0.15) is 5.82 Å². The lowest BCUT2D eigenvalue weighted by Gasteiger charge is -2.13. The molecule has 2 aromatic carbocycles. The van der Waals surface area contributed by atoms with Crippen LogP contribution in [0.25, 0.3) is 0 Å². The van der Waals surface area contributed by atoms with Crippen LogP contribution in [0.5, 0.6) is 0 Å². The van der Waals surface area contributed by atoms with Gasteiger partial charge in [-0.05, 0) is 31.0 Å². The van der Waals surface area contributed by atoms with Gasteiger partial charge in [0.05, 0.1) is 5.25 Å². The Morgan fingerprint density at radius 2 is 1.74 bits per heavy atom. The zero-order valence-corrected chi connectivity index (χ0v) is 11.9. The molecular weight excluding hydrogens is 259 g/mol. The molecule has 0 aromatic heterocycles. The van der Waals surface area contributed by atoms with Crippen molar-refractivity contribution in [3.63, 3.8) is 0 Å². The van der Waals surface area contributed by atoms with Crippen LogP contribution in [0.15, 0.2) is 48.5 Å². The molecule has 1 nitrogen and oxygen atoms in total. The number of halogens is 1. The average molecular weight is 276 g/mol. The van der Waals surface area contributed by atoms with Crippen molar-refractivity contribution in [3.8, 4) is 0 Å². The van der Waals surface area contributed by atoms with E-state index < -0.39 is 10.8 Å². The van der Waals surface area contributed by atoms with Gasteiger partial charge >= 0.3 is 0 Å². The highest BCUT2D eigenvalue weighted by Gasteiger charge is 2.17. The fourth-order valence-corrected chi connectivity index (χ4v) is 3.35. The second-order valence-electron chi connectivity index (χ2n) is 4.62. The summed E-state index contributed by atoms with van der Waals surface area (Å²) in [7, 11) is -1.13. The van der Waals surface area contributed by atoms with Gasteiger partial charge < -0.3 is 0 Å². The van der Waals surface area contributed by atoms with Gasteiger partial charge in [-0.1, -0.05) is 42.5 Å². The SMILES string of the molecule is Cc1ccccc1C[S@@](=O)[C@@H](C)c1ccccc1F. The molecule has 100 valence electrons. The molecule has 0 fully saturated rings. The molecule has 2 atom stereocenters. The van der Waals surface area contributed by atoms with Crippen molar-refractivity contribution in [1.82, 2.24) is 0 Å². The summed E-state index contributed by atoms with van der Waals surface area (Å²) in [6, 6.07) is 14.4. The molecule has 0 bridgehead atoms. The second-order valence-corrected chi connectivity index (χ2v) is 6.37. The highest BCUT2D eigenvalue weighted by molar-refractivity contribution is 7.84. The van der Waals surface area contributed by atoms with Crippen LogP contribution >= 0.6 is 0 Å². The van der Waals surface area contributed by atoms with Crippen LogP contribution in [-0.4, -0.2) is 4.21 Å². The standard InChI is InChI=1S/C16H17FOS/c1-12-7-3-4-8-14(12)11-19(18)13(2)15-9-5-6-10-16(15)17/h3-10,13H,11H2,1-2H3/t13-,19+/m0/s1. The Hall–Kier alpha value is -1.48. The van der Waals surface area contributed by atoms with Crippen molar-refractivity contribution in [2.75, 3.05) is 0 Å². The summed E-state index contributed by atoms with van der Waals surface area (Å²) < 4.78 is 26.0. The smallest absolute Gasteiger partial charge is 0.127 e. The zero-order chi connectivity index (χ0) is 13.8. The summed E-state index contributed by atoms with van der Waals surface area (Å²) in [5, 5.41) is -0.305. The first kappa shape index (κ1) is 13.9. The quantitative estimate of drug-likeness (QED) is 0.820. The molecule has 0 unspecified atom stereocenters. The Balaban J connectivity index is 2.17. The van der Waals surface area contributed by atoms with Crippen LogP contribution in [-0.2, 0) is 16.6 Å². The third-order valence-corrected chi connectivity index (χ3v) is 4.93. The number of hydrogen-bond acceptors (Lipinski definition) is 1. The number of hydrogen-bond donors (Lipinski definition) is 0. The molecule has 0 aliphatic carbocycles. The van der Waals surface area contributed by atoms with Gasteiger partial charge in [0, 0.05) is 22.1 Å². The number of aryl methyl sites for hydroxylation is 1. The van der Waals surface area contributed by atoms with Crippen molar-refractivity contribution in [2.24, 2.45) is 0 Å². The Kier molecular flexibility index (Phi) is 4.48. The lowest BCUT2D eigenvalue weighted by molar-refractivity contribution is 0.606. The van der Waals surface area contributed by atoms with Crippen LogP contribution < -0.4 is 0 Å². The van der Waals surface area contributed by atoms with Crippen LogP contribution in [0.2, 0.25) is 0 Å². The predicted octanol–water partition coefficient (Wildman–Crippen LogP) is 4.14. The van der Waals surface area contributed by atoms with Crippen molar-refractivity contribution < 1.29 is 8.60 Å². The summed E-state index contributed by atoms with van der Waals surface area (Å²) in [6.45, 7) is 3.81. The third kappa shape index (κ3) is 3.29. The van der Waals surface area contributed by atoms with E-state index in [1.807, 2.05) is 38.1 Å². The molecule has 0 N–H and O–H groups in total. The van der Waals surface area contributed by atoms with Crippen molar-refractivity contribution in [1.29, 1.82) is 0 Å². The minimum atomic E-state index is -1.13. The van der Waals surface area contributed by atoms with Crippen LogP contribution in [0.1, 0.15) is 28.9 Å². The van der Waals surface area contributed by atoms with Gasteiger partial charge in [-0.15, -0.1) is 0 Å². The average Bonchev–Trinajstić information content (AvgIpc) is 2.41. The van der Waals surface area contributed by atoms with E-state index in [2.05, 4.69) is 0 Å². The lowest BCUT2D eigenvalue weighted by atomic mass is 10.1. The first-order valence-electron chi connectivity index (χ1n) is 6.25. The molecule has 2 aromatic rings. The molecule has 0 spiro atoms. The van der Waals surface area contributed by atoms with Crippen LogP contribution in [0.3, 0.4) is 0 Å². The minimum Gasteiger partial charge on any atom is -0.259 e. The molecule has 19 heavy (non-hydrogen) atoms. The highest BCUT2D eigenvalue weighted by atomic mass is 32.2. The molecule has 0 aliphatic heterocycles. The van der Waals surface area contributed by atoms with E-state index >= 15 is 0 Å². The maximum atomic E-state index is 13.7. The zero-order valence-electron chi connectivity index (χ0n) is 11.1. The van der Waals surface area contributed by atoms with Gasteiger partial charge in [-0.3, -0.25) is 4.21 Å². The fourth-order valence-electron chi connectivity index (χ4n) is 2.00. The molecule has 0 radical (unpaired) electrons. The van der Waals surface area contributed by atoms with Crippen LogP contribution in [0, 0.1) is 12.7 Å². The summed E-state index contributed by atoms with van der Waals surface area (Å²) in [5.74, 6) is 0.176. The largest absolute Gasteiger partial charge is 0.259 e. The topological polar surface area (TPSA) is 17.1 Å². The fraction of sp³-hybridized carbons (Fsp3) is 0.250. The Morgan fingerprint density at radius 3 is 2.42 bits per heavy atom. The van der Waals surface area contributed by atoms with Crippen molar-refractivity contribution in [3.05, 3.63) is 71.0 Å². The normalized spacial score (nSPS) is 14.1. The van der Waals surface area contributed by atoms with Gasteiger partial charge in [-0.2, -0.15) is 0 Å². The molecule has 0 heterocycles. The van der Waals surface area contributed by atoms with Gasteiger partial charge in [-0.25, -0.2) is 4.39 Å². The second kappa shape index (κ2) is 6.11. The van der Waals surface area contributed by atoms with E-state index in [1.165, 1.54) is 6.07 Å². The molecule has 0 amide bonds. The first-order chi connectivity index (χ1) is 9.09. The van der Waals surface area contributed by atoms with E-state index in [1.54, 1.807) is 18.2 Å². The van der Waals surface area contributed by atoms with Gasteiger partial charge in [0.15, 0.2) is 0 Å². The molecular formula is C16H17FOS. The number of rotatable bonds is 4. The van der Waals surface area contributed by atoms with Gasteiger partial charge in [0.25, 0.3) is 0 Å². The third-order valence-electron chi connectivity index (χ3n) is 3.30. The number of benzene rings is 2. The Morgan fingerprint density at radius 1 is 1.11 bits per heavy atom. The summed E-state index contributed by atoms with van der Waals surface area (Å²) >= 11 is 0. The summed E-state index contributed by atoms with van der Waals surface area (Å²) in [4.78, 5) is 0. The van der Waals surface area contributed by atoms with E-state index in [0.29, 0.717) is 11.3 Å².